The summed E-state index contributed by atoms with van der Waals surface area (Å²) in [5, 5.41) is 13.6. The highest BCUT2D eigenvalue weighted by molar-refractivity contribution is 5.91. The number of esters is 1. The molecule has 0 saturated heterocycles. The van der Waals surface area contributed by atoms with Crippen LogP contribution in [0.4, 0.5) is 0 Å². The molecule has 1 aromatic heterocycles. The van der Waals surface area contributed by atoms with E-state index in [1.54, 1.807) is 24.3 Å². The lowest BCUT2D eigenvalue weighted by Gasteiger charge is -2.18. The Bertz CT molecular complexity index is 1020. The zero-order chi connectivity index (χ0) is 20.8. The number of benzene rings is 2. The van der Waals surface area contributed by atoms with E-state index in [9.17, 15) is 9.59 Å². The predicted octanol–water partition coefficient (Wildman–Crippen LogP) is 0.949. The fourth-order valence-corrected chi connectivity index (χ4v) is 2.88. The molecular weight excluding hydrogens is 390 g/mol. The lowest BCUT2D eigenvalue weighted by Crippen LogP contribution is -2.30. The maximum Gasteiger partial charge on any atom is 0.338 e. The molecule has 0 aliphatic carbocycles. The Morgan fingerprint density at radius 2 is 1.87 bits per heavy atom. The van der Waals surface area contributed by atoms with Crippen LogP contribution < -0.4 is 14.8 Å². The molecule has 3 aromatic rings. The van der Waals surface area contributed by atoms with E-state index in [0.29, 0.717) is 43.2 Å². The number of tetrazole rings is 1. The van der Waals surface area contributed by atoms with Crippen molar-refractivity contribution in [2.24, 2.45) is 0 Å². The molecule has 1 aliphatic heterocycles. The first-order valence-electron chi connectivity index (χ1n) is 9.35. The van der Waals surface area contributed by atoms with Gasteiger partial charge >= 0.3 is 5.97 Å². The number of nitrogens with one attached hydrogen (secondary N) is 1. The number of nitrogens with zero attached hydrogens (tertiary/aromatic N) is 4. The van der Waals surface area contributed by atoms with Gasteiger partial charge in [0.2, 0.25) is 0 Å². The lowest BCUT2D eigenvalue weighted by molar-refractivity contribution is -0.124. The molecular formula is C20H19N5O5. The molecule has 1 aliphatic rings. The molecule has 10 heteroatoms. The highest BCUT2D eigenvalue weighted by Crippen LogP contribution is 2.30. The molecule has 30 heavy (non-hydrogen) atoms. The number of amides is 1. The number of fused-ring (bicyclic) bond motifs is 1. The van der Waals surface area contributed by atoms with Gasteiger partial charge in [0.1, 0.15) is 19.5 Å². The van der Waals surface area contributed by atoms with E-state index < -0.39 is 5.97 Å². The largest absolute Gasteiger partial charge is 0.486 e. The van der Waals surface area contributed by atoms with Gasteiger partial charge in [-0.15, -0.1) is 5.10 Å². The van der Waals surface area contributed by atoms with E-state index >= 15 is 0 Å². The predicted molar refractivity (Wildman–Crippen MR) is 104 cm³/mol. The minimum atomic E-state index is -0.583. The molecule has 0 spiro atoms. The quantitative estimate of drug-likeness (QED) is 0.573. The van der Waals surface area contributed by atoms with Gasteiger partial charge in [-0.2, -0.15) is 0 Å². The standard InChI is InChI=1S/C20H19N5O5/c26-19(21-8-7-14-1-6-17-18(11-14)29-10-9-28-17)12-30-20(27)15-2-4-16(5-3-15)25-13-22-23-24-25/h1-6,11,13H,7-10,12H2,(H,21,26). The summed E-state index contributed by atoms with van der Waals surface area (Å²) >= 11 is 0. The van der Waals surface area contributed by atoms with Crippen LogP contribution in [0.2, 0.25) is 0 Å². The Morgan fingerprint density at radius 1 is 1.07 bits per heavy atom. The van der Waals surface area contributed by atoms with E-state index in [1.165, 1.54) is 11.0 Å². The summed E-state index contributed by atoms with van der Waals surface area (Å²) in [4.78, 5) is 24.1. The van der Waals surface area contributed by atoms with Crippen molar-refractivity contribution in [1.29, 1.82) is 0 Å². The third-order valence-electron chi connectivity index (χ3n) is 4.39. The topological polar surface area (TPSA) is 117 Å². The molecule has 0 unspecified atom stereocenters. The van der Waals surface area contributed by atoms with Crippen molar-refractivity contribution in [3.8, 4) is 17.2 Å². The number of aromatic nitrogens is 4. The number of hydrogen-bond acceptors (Lipinski definition) is 8. The summed E-state index contributed by atoms with van der Waals surface area (Å²) in [6.45, 7) is 1.13. The van der Waals surface area contributed by atoms with Gasteiger partial charge < -0.3 is 19.5 Å². The van der Waals surface area contributed by atoms with E-state index in [0.717, 1.165) is 11.3 Å². The third-order valence-corrected chi connectivity index (χ3v) is 4.39. The van der Waals surface area contributed by atoms with Crippen LogP contribution in [0.3, 0.4) is 0 Å². The van der Waals surface area contributed by atoms with Crippen LogP contribution in [0.25, 0.3) is 5.69 Å². The minimum Gasteiger partial charge on any atom is -0.486 e. The van der Waals surface area contributed by atoms with Crippen molar-refractivity contribution < 1.29 is 23.8 Å². The molecule has 2 aromatic carbocycles. The molecule has 0 fully saturated rings. The average Bonchev–Trinajstić information content (AvgIpc) is 3.32. The smallest absolute Gasteiger partial charge is 0.338 e. The van der Waals surface area contributed by atoms with Crippen LogP contribution in [0.15, 0.2) is 48.8 Å². The molecule has 0 radical (unpaired) electrons. The maximum absolute atomic E-state index is 12.1. The fourth-order valence-electron chi connectivity index (χ4n) is 2.88. The van der Waals surface area contributed by atoms with E-state index in [2.05, 4.69) is 20.8 Å². The van der Waals surface area contributed by atoms with Crippen molar-refractivity contribution in [3.63, 3.8) is 0 Å². The first kappa shape index (κ1) is 19.4. The Kier molecular flexibility index (Phi) is 5.83. The van der Waals surface area contributed by atoms with E-state index in [4.69, 9.17) is 14.2 Å². The van der Waals surface area contributed by atoms with Crippen molar-refractivity contribution in [2.45, 2.75) is 6.42 Å². The van der Waals surface area contributed by atoms with Crippen molar-refractivity contribution in [3.05, 3.63) is 59.9 Å². The van der Waals surface area contributed by atoms with Crippen LogP contribution in [-0.4, -0.2) is 58.4 Å². The van der Waals surface area contributed by atoms with E-state index in [-0.39, 0.29) is 12.5 Å². The Labute approximate surface area is 171 Å². The van der Waals surface area contributed by atoms with Crippen molar-refractivity contribution >= 4 is 11.9 Å². The number of carbonyl (C=O) groups is 2. The summed E-state index contributed by atoms with van der Waals surface area (Å²) in [5.41, 5.74) is 2.04. The average molecular weight is 409 g/mol. The second kappa shape index (κ2) is 9.03. The van der Waals surface area contributed by atoms with Crippen LogP contribution in [0.1, 0.15) is 15.9 Å². The van der Waals surface area contributed by atoms with E-state index in [1.807, 2.05) is 18.2 Å². The number of hydrogen-bond donors (Lipinski definition) is 1. The summed E-state index contributed by atoms with van der Waals surface area (Å²) in [7, 11) is 0. The molecule has 1 N–H and O–H groups in total. The highest BCUT2D eigenvalue weighted by Gasteiger charge is 2.13. The second-order valence-electron chi connectivity index (χ2n) is 6.46. The molecule has 2 heterocycles. The molecule has 0 saturated carbocycles. The Hall–Kier alpha value is -3.95. The van der Waals surface area contributed by atoms with Gasteiger partial charge in [-0.3, -0.25) is 4.79 Å². The minimum absolute atomic E-state index is 0.330. The second-order valence-corrected chi connectivity index (χ2v) is 6.46. The molecule has 4 rings (SSSR count). The summed E-state index contributed by atoms with van der Waals surface area (Å²) in [6.07, 6.45) is 2.07. The fraction of sp³-hybridized carbons (Fsp3) is 0.250. The summed E-state index contributed by atoms with van der Waals surface area (Å²) in [5.74, 6) is 0.489. The SMILES string of the molecule is O=C(COC(=O)c1ccc(-n2cnnn2)cc1)NCCc1ccc2c(c1)OCCO2. The summed E-state index contributed by atoms with van der Waals surface area (Å²) < 4.78 is 17.6. The number of rotatable bonds is 7. The number of ether oxygens (including phenoxy) is 3. The third kappa shape index (κ3) is 4.72. The van der Waals surface area contributed by atoms with Crippen molar-refractivity contribution in [1.82, 2.24) is 25.5 Å². The molecule has 10 nitrogen and oxygen atoms in total. The molecule has 0 atom stereocenters. The zero-order valence-electron chi connectivity index (χ0n) is 16.0. The molecule has 1 amide bonds. The normalized spacial score (nSPS) is 12.3. The highest BCUT2D eigenvalue weighted by atomic mass is 16.6. The van der Waals surface area contributed by atoms with Gasteiger partial charge in [-0.05, 0) is 58.8 Å². The van der Waals surface area contributed by atoms with Crippen molar-refractivity contribution in [2.75, 3.05) is 26.4 Å². The summed E-state index contributed by atoms with van der Waals surface area (Å²) in [6, 6.07) is 12.2. The van der Waals surface area contributed by atoms with Crippen LogP contribution in [0.5, 0.6) is 11.5 Å². The zero-order valence-corrected chi connectivity index (χ0v) is 16.0. The van der Waals surface area contributed by atoms with Gasteiger partial charge in [0.25, 0.3) is 5.91 Å². The van der Waals surface area contributed by atoms with Gasteiger partial charge in [-0.25, -0.2) is 9.48 Å². The number of carbonyl (C=O) groups excluding carboxylic acids is 2. The lowest BCUT2D eigenvalue weighted by atomic mass is 10.1. The van der Waals surface area contributed by atoms with Gasteiger partial charge in [-0.1, -0.05) is 6.07 Å². The van der Waals surface area contributed by atoms with Crippen LogP contribution >= 0.6 is 0 Å². The van der Waals surface area contributed by atoms with Crippen LogP contribution in [-0.2, 0) is 16.0 Å². The van der Waals surface area contributed by atoms with Gasteiger partial charge in [0, 0.05) is 6.54 Å². The van der Waals surface area contributed by atoms with Gasteiger partial charge in [0.15, 0.2) is 18.1 Å². The molecule has 154 valence electrons. The Morgan fingerprint density at radius 3 is 2.63 bits per heavy atom. The van der Waals surface area contributed by atoms with Crippen LogP contribution in [0, 0.1) is 0 Å². The Balaban J connectivity index is 1.20. The first-order chi connectivity index (χ1) is 14.7. The maximum atomic E-state index is 12.1. The van der Waals surface area contributed by atoms with Gasteiger partial charge in [0.05, 0.1) is 11.3 Å². The molecule has 0 bridgehead atoms. The monoisotopic (exact) mass is 409 g/mol. The first-order valence-corrected chi connectivity index (χ1v) is 9.35.